The molecule has 1 fully saturated rings. The SMILES string of the molecule is Cc1ccn(-c2cccc(C(CC(=O)O)CN3CC[C@@H](CCc4ccc5c(n4)NCCC5)C3)c2)n1. The van der Waals surface area contributed by atoms with Crippen LogP contribution in [0.2, 0.25) is 0 Å². The highest BCUT2D eigenvalue weighted by Crippen LogP contribution is 2.28. The van der Waals surface area contributed by atoms with Crippen molar-refractivity contribution >= 4 is 11.8 Å². The third kappa shape index (κ3) is 5.90. The van der Waals surface area contributed by atoms with E-state index in [2.05, 4.69) is 39.6 Å². The van der Waals surface area contributed by atoms with Gasteiger partial charge in [-0.25, -0.2) is 9.67 Å². The van der Waals surface area contributed by atoms with E-state index >= 15 is 0 Å². The number of carboxylic acids is 1. The summed E-state index contributed by atoms with van der Waals surface area (Å²) in [7, 11) is 0. The van der Waals surface area contributed by atoms with Crippen LogP contribution >= 0.6 is 0 Å². The number of fused-ring (bicyclic) bond motifs is 1. The summed E-state index contributed by atoms with van der Waals surface area (Å²) >= 11 is 0. The van der Waals surface area contributed by atoms with Gasteiger partial charge in [-0.1, -0.05) is 18.2 Å². The van der Waals surface area contributed by atoms with E-state index < -0.39 is 5.97 Å². The van der Waals surface area contributed by atoms with Crippen molar-refractivity contribution < 1.29 is 9.90 Å². The number of aromatic nitrogens is 3. The van der Waals surface area contributed by atoms with Crippen molar-refractivity contribution in [3.05, 3.63) is 71.2 Å². The maximum Gasteiger partial charge on any atom is 0.304 e. The second kappa shape index (κ2) is 10.6. The molecule has 0 amide bonds. The summed E-state index contributed by atoms with van der Waals surface area (Å²) in [6.07, 6.45) is 7.66. The molecule has 0 spiro atoms. The molecule has 35 heavy (non-hydrogen) atoms. The molecule has 2 aliphatic heterocycles. The lowest BCUT2D eigenvalue weighted by Gasteiger charge is -2.24. The van der Waals surface area contributed by atoms with Crippen LogP contribution in [-0.4, -0.2) is 56.9 Å². The Hall–Kier alpha value is -3.19. The first-order chi connectivity index (χ1) is 17.0. The van der Waals surface area contributed by atoms with Crippen molar-refractivity contribution in [1.82, 2.24) is 19.7 Å². The molecular formula is C28H35N5O2. The zero-order chi connectivity index (χ0) is 24.2. The van der Waals surface area contributed by atoms with Crippen molar-refractivity contribution in [3.63, 3.8) is 0 Å². The average Bonchev–Trinajstić information content (AvgIpc) is 3.51. The molecule has 7 heteroatoms. The number of aliphatic carboxylic acids is 1. The minimum absolute atomic E-state index is 0.0451. The molecule has 2 atom stereocenters. The summed E-state index contributed by atoms with van der Waals surface area (Å²) in [5.41, 5.74) is 5.50. The van der Waals surface area contributed by atoms with Crippen LogP contribution in [0.3, 0.4) is 0 Å². The molecule has 184 valence electrons. The van der Waals surface area contributed by atoms with Gasteiger partial charge in [-0.2, -0.15) is 5.10 Å². The van der Waals surface area contributed by atoms with E-state index in [1.54, 1.807) is 0 Å². The number of rotatable bonds is 9. The van der Waals surface area contributed by atoms with Crippen LogP contribution in [0.15, 0.2) is 48.7 Å². The highest BCUT2D eigenvalue weighted by molar-refractivity contribution is 5.68. The van der Waals surface area contributed by atoms with E-state index in [1.165, 1.54) is 17.7 Å². The number of anilines is 1. The van der Waals surface area contributed by atoms with Crippen LogP contribution in [0.4, 0.5) is 5.82 Å². The maximum absolute atomic E-state index is 11.7. The Morgan fingerprint density at radius 2 is 2.17 bits per heavy atom. The normalized spacial score (nSPS) is 18.7. The number of pyridine rings is 1. The smallest absolute Gasteiger partial charge is 0.304 e. The Kier molecular flexibility index (Phi) is 7.13. The molecule has 4 heterocycles. The molecule has 1 aromatic carbocycles. The minimum Gasteiger partial charge on any atom is -0.481 e. The summed E-state index contributed by atoms with van der Waals surface area (Å²) < 4.78 is 1.85. The monoisotopic (exact) mass is 473 g/mol. The molecule has 2 N–H and O–H groups in total. The molecule has 7 nitrogen and oxygen atoms in total. The summed E-state index contributed by atoms with van der Waals surface area (Å²) in [4.78, 5) is 19.0. The fourth-order valence-electron chi connectivity index (χ4n) is 5.46. The van der Waals surface area contributed by atoms with E-state index in [4.69, 9.17) is 4.98 Å². The van der Waals surface area contributed by atoms with E-state index in [0.29, 0.717) is 5.92 Å². The van der Waals surface area contributed by atoms with Gasteiger partial charge >= 0.3 is 5.97 Å². The zero-order valence-electron chi connectivity index (χ0n) is 20.5. The van der Waals surface area contributed by atoms with Crippen molar-refractivity contribution in [2.75, 3.05) is 31.5 Å². The molecule has 1 saturated heterocycles. The van der Waals surface area contributed by atoms with E-state index in [9.17, 15) is 9.90 Å². The summed E-state index contributed by atoms with van der Waals surface area (Å²) in [6.45, 7) is 5.81. The van der Waals surface area contributed by atoms with Crippen LogP contribution in [0.25, 0.3) is 5.69 Å². The van der Waals surface area contributed by atoms with Crippen LogP contribution in [-0.2, 0) is 17.6 Å². The molecule has 3 aromatic rings. The van der Waals surface area contributed by atoms with Gasteiger partial charge < -0.3 is 15.3 Å². The lowest BCUT2D eigenvalue weighted by Crippen LogP contribution is -2.28. The van der Waals surface area contributed by atoms with Gasteiger partial charge in [-0.3, -0.25) is 4.79 Å². The van der Waals surface area contributed by atoms with Gasteiger partial charge in [0.25, 0.3) is 0 Å². The molecule has 0 saturated carbocycles. The fraction of sp³-hybridized carbons (Fsp3) is 0.464. The number of carbonyl (C=O) groups is 1. The first-order valence-electron chi connectivity index (χ1n) is 12.8. The lowest BCUT2D eigenvalue weighted by atomic mass is 9.94. The summed E-state index contributed by atoms with van der Waals surface area (Å²) in [5, 5.41) is 17.5. The van der Waals surface area contributed by atoms with Gasteiger partial charge in [-0.05, 0) is 86.9 Å². The first kappa shape index (κ1) is 23.5. The van der Waals surface area contributed by atoms with Crippen LogP contribution in [0.1, 0.15) is 54.1 Å². The van der Waals surface area contributed by atoms with Gasteiger partial charge in [0.15, 0.2) is 0 Å². The molecule has 2 aliphatic rings. The highest BCUT2D eigenvalue weighted by Gasteiger charge is 2.27. The number of likely N-dealkylation sites (tertiary alicyclic amines) is 1. The number of benzene rings is 1. The lowest BCUT2D eigenvalue weighted by molar-refractivity contribution is -0.137. The first-order valence-corrected chi connectivity index (χ1v) is 12.8. The minimum atomic E-state index is -0.752. The molecule has 0 radical (unpaired) electrons. The van der Waals surface area contributed by atoms with Gasteiger partial charge in [0, 0.05) is 37.4 Å². The fourth-order valence-corrected chi connectivity index (χ4v) is 5.46. The predicted octanol–water partition coefficient (Wildman–Crippen LogP) is 4.45. The third-order valence-corrected chi connectivity index (χ3v) is 7.36. The van der Waals surface area contributed by atoms with Crippen molar-refractivity contribution in [3.8, 4) is 5.69 Å². The van der Waals surface area contributed by atoms with Gasteiger partial charge in [0.05, 0.1) is 17.8 Å². The maximum atomic E-state index is 11.7. The molecular weight excluding hydrogens is 438 g/mol. The Morgan fingerprint density at radius 3 is 3.00 bits per heavy atom. The van der Waals surface area contributed by atoms with E-state index in [0.717, 1.165) is 74.6 Å². The molecule has 1 unspecified atom stereocenters. The second-order valence-electron chi connectivity index (χ2n) is 10.1. The third-order valence-electron chi connectivity index (χ3n) is 7.36. The standard InChI is InChI=1S/C28H35N5O2/c1-20-11-15-33(31-20)26-6-2-4-23(16-26)24(17-27(34)35)19-32-14-12-21(18-32)7-9-25-10-8-22-5-3-13-29-28(22)30-25/h2,4,6,8,10-11,15-16,21,24H,3,5,7,9,12-14,17-19H2,1H3,(H,29,30)(H,34,35)/t21-,24?/m1/s1. The average molecular weight is 474 g/mol. The van der Waals surface area contributed by atoms with Crippen LogP contribution < -0.4 is 5.32 Å². The number of aryl methyl sites for hydroxylation is 3. The van der Waals surface area contributed by atoms with Crippen molar-refractivity contribution in [1.29, 1.82) is 0 Å². The highest BCUT2D eigenvalue weighted by atomic mass is 16.4. The largest absolute Gasteiger partial charge is 0.481 e. The molecule has 2 aromatic heterocycles. The predicted molar refractivity (Wildman–Crippen MR) is 137 cm³/mol. The van der Waals surface area contributed by atoms with Crippen molar-refractivity contribution in [2.45, 2.75) is 51.4 Å². The summed E-state index contributed by atoms with van der Waals surface area (Å²) in [6, 6.07) is 14.6. The zero-order valence-corrected chi connectivity index (χ0v) is 20.5. The number of hydrogen-bond donors (Lipinski definition) is 2. The quantitative estimate of drug-likeness (QED) is 0.478. The van der Waals surface area contributed by atoms with Gasteiger partial charge in [-0.15, -0.1) is 0 Å². The van der Waals surface area contributed by atoms with Crippen LogP contribution in [0.5, 0.6) is 0 Å². The Labute approximate surface area is 207 Å². The molecule has 5 rings (SSSR count). The Morgan fingerprint density at radius 1 is 1.26 bits per heavy atom. The second-order valence-corrected chi connectivity index (χ2v) is 10.1. The number of nitrogens with zero attached hydrogens (tertiary/aromatic N) is 4. The topological polar surface area (TPSA) is 83.3 Å². The van der Waals surface area contributed by atoms with Gasteiger partial charge in [0.2, 0.25) is 0 Å². The van der Waals surface area contributed by atoms with E-state index in [-0.39, 0.29) is 12.3 Å². The van der Waals surface area contributed by atoms with Crippen molar-refractivity contribution in [2.24, 2.45) is 5.92 Å². The molecule has 0 aliphatic carbocycles. The number of carboxylic acid groups (broad SMARTS) is 1. The number of nitrogens with one attached hydrogen (secondary N) is 1. The van der Waals surface area contributed by atoms with Gasteiger partial charge in [0.1, 0.15) is 5.82 Å². The van der Waals surface area contributed by atoms with Crippen LogP contribution in [0, 0.1) is 12.8 Å². The number of hydrogen-bond acceptors (Lipinski definition) is 5. The Bertz CT molecular complexity index is 1170. The van der Waals surface area contributed by atoms with E-state index in [1.807, 2.05) is 36.0 Å². The summed E-state index contributed by atoms with van der Waals surface area (Å²) in [5.74, 6) is 0.907. The Balaban J connectivity index is 1.20. The molecule has 0 bridgehead atoms.